The second kappa shape index (κ2) is 13.5. The molecular formula is C22H42N4O2. The van der Waals surface area contributed by atoms with Gasteiger partial charge in [-0.3, -0.25) is 19.2 Å². The Kier molecular flexibility index (Phi) is 12.6. The summed E-state index contributed by atoms with van der Waals surface area (Å²) in [5.74, 6) is 0.460. The van der Waals surface area contributed by atoms with Crippen molar-refractivity contribution in [1.29, 1.82) is 0 Å². The van der Waals surface area contributed by atoms with Gasteiger partial charge in [-0.15, -0.1) is 5.10 Å². The van der Waals surface area contributed by atoms with Crippen molar-refractivity contribution in [1.82, 2.24) is 19.9 Å². The Labute approximate surface area is 172 Å². The van der Waals surface area contributed by atoms with Gasteiger partial charge < -0.3 is 0 Å². The number of amides is 2. The summed E-state index contributed by atoms with van der Waals surface area (Å²) in [4.78, 5) is 25.3. The fraction of sp³-hybridized carbons (Fsp3) is 0.818. The lowest BCUT2D eigenvalue weighted by Gasteiger charge is -2.31. The minimum atomic E-state index is -0.167. The number of carbonyl (C=O) groups is 2. The highest BCUT2D eigenvalue weighted by Crippen LogP contribution is 2.30. The van der Waals surface area contributed by atoms with Crippen LogP contribution >= 0.6 is 0 Å². The molecule has 0 aliphatic heterocycles. The molecule has 1 heterocycles. The molecule has 0 bridgehead atoms. The fourth-order valence-electron chi connectivity index (χ4n) is 3.20. The highest BCUT2D eigenvalue weighted by atomic mass is 16.2. The van der Waals surface area contributed by atoms with Gasteiger partial charge in [-0.25, -0.2) is 0 Å². The van der Waals surface area contributed by atoms with Crippen molar-refractivity contribution in [3.8, 4) is 0 Å². The topological polar surface area (TPSA) is 68.1 Å². The zero-order valence-corrected chi connectivity index (χ0v) is 19.4. The normalized spacial score (nSPS) is 12.3. The first-order valence-electron chi connectivity index (χ1n) is 10.8. The Hall–Kier alpha value is -1.72. The number of hydrogen-bond acceptors (Lipinski definition) is 4. The van der Waals surface area contributed by atoms with E-state index in [1.54, 1.807) is 4.68 Å². The number of rotatable bonds is 11. The quantitative estimate of drug-likeness (QED) is 0.402. The zero-order valence-electron chi connectivity index (χ0n) is 19.4. The van der Waals surface area contributed by atoms with Crippen molar-refractivity contribution in [3.63, 3.8) is 0 Å². The van der Waals surface area contributed by atoms with Gasteiger partial charge >= 0.3 is 0 Å². The van der Waals surface area contributed by atoms with Crippen LogP contribution in [0.25, 0.3) is 0 Å². The maximum atomic E-state index is 12.7. The standard InChI is InChI=1S/C20H36N4O2.C2H6/c1-7-18(20(4,5)6)19(26)23(15-25)12-13-24-14-17(21-22-24)11-9-8-10-16(2)3;1-2/h14-16,18H,7-13H2,1-6H3;1-2H3. The Morgan fingerprint density at radius 1 is 1.25 bits per heavy atom. The summed E-state index contributed by atoms with van der Waals surface area (Å²) in [5.41, 5.74) is 0.808. The molecule has 0 saturated heterocycles. The lowest BCUT2D eigenvalue weighted by molar-refractivity contribution is -0.144. The van der Waals surface area contributed by atoms with Gasteiger partial charge in [-0.05, 0) is 30.6 Å². The van der Waals surface area contributed by atoms with E-state index in [-0.39, 0.29) is 17.2 Å². The first-order valence-corrected chi connectivity index (χ1v) is 10.8. The molecule has 28 heavy (non-hydrogen) atoms. The predicted octanol–water partition coefficient (Wildman–Crippen LogP) is 4.73. The van der Waals surface area contributed by atoms with E-state index in [1.807, 2.05) is 47.7 Å². The van der Waals surface area contributed by atoms with Crippen LogP contribution in [0.1, 0.15) is 86.8 Å². The van der Waals surface area contributed by atoms with Gasteiger partial charge in [0.2, 0.25) is 12.3 Å². The van der Waals surface area contributed by atoms with Crippen molar-refractivity contribution in [2.45, 2.75) is 94.0 Å². The summed E-state index contributed by atoms with van der Waals surface area (Å²) in [6, 6.07) is 0. The lowest BCUT2D eigenvalue weighted by atomic mass is 9.78. The molecular weight excluding hydrogens is 352 g/mol. The summed E-state index contributed by atoms with van der Waals surface area (Å²) in [7, 11) is 0. The Morgan fingerprint density at radius 2 is 1.89 bits per heavy atom. The van der Waals surface area contributed by atoms with Crippen molar-refractivity contribution >= 4 is 12.3 Å². The van der Waals surface area contributed by atoms with Crippen LogP contribution in [0.3, 0.4) is 0 Å². The van der Waals surface area contributed by atoms with Gasteiger partial charge in [-0.2, -0.15) is 0 Å². The van der Waals surface area contributed by atoms with Crippen LogP contribution in [0.5, 0.6) is 0 Å². The zero-order chi connectivity index (χ0) is 21.7. The van der Waals surface area contributed by atoms with Gasteiger partial charge in [0.25, 0.3) is 0 Å². The van der Waals surface area contributed by atoms with Crippen molar-refractivity contribution in [2.24, 2.45) is 17.3 Å². The van der Waals surface area contributed by atoms with Crippen molar-refractivity contribution in [3.05, 3.63) is 11.9 Å². The molecule has 0 aliphatic rings. The van der Waals surface area contributed by atoms with Crippen molar-refractivity contribution < 1.29 is 9.59 Å². The van der Waals surface area contributed by atoms with Gasteiger partial charge in [0.05, 0.1) is 12.2 Å². The molecule has 0 fully saturated rings. The van der Waals surface area contributed by atoms with Crippen LogP contribution < -0.4 is 0 Å². The number of aromatic nitrogens is 3. The predicted molar refractivity (Wildman–Crippen MR) is 115 cm³/mol. The maximum absolute atomic E-state index is 12.7. The first-order chi connectivity index (χ1) is 13.2. The van der Waals surface area contributed by atoms with E-state index < -0.39 is 0 Å². The molecule has 6 nitrogen and oxygen atoms in total. The summed E-state index contributed by atoms with van der Waals surface area (Å²) in [5, 5.41) is 8.32. The Morgan fingerprint density at radius 3 is 2.39 bits per heavy atom. The molecule has 0 radical (unpaired) electrons. The second-order valence-corrected chi connectivity index (χ2v) is 8.58. The molecule has 1 atom stereocenters. The molecule has 1 aromatic rings. The minimum absolute atomic E-state index is 0.107. The summed E-state index contributed by atoms with van der Waals surface area (Å²) in [6.07, 6.45) is 7.74. The number of carbonyl (C=O) groups excluding carboxylic acids is 2. The van der Waals surface area contributed by atoms with Crippen LogP contribution in [0, 0.1) is 17.3 Å². The van der Waals surface area contributed by atoms with Gasteiger partial charge in [-0.1, -0.05) is 73.4 Å². The summed E-state index contributed by atoms with van der Waals surface area (Å²) in [6.45, 7) is 17.4. The number of nitrogens with zero attached hydrogens (tertiary/aromatic N) is 4. The Bertz CT molecular complexity index is 561. The van der Waals surface area contributed by atoms with Gasteiger partial charge in [0, 0.05) is 18.7 Å². The molecule has 0 spiro atoms. The molecule has 2 amide bonds. The van der Waals surface area contributed by atoms with Gasteiger partial charge in [0.15, 0.2) is 0 Å². The third kappa shape index (κ3) is 9.47. The largest absolute Gasteiger partial charge is 0.283 e. The molecule has 0 aromatic carbocycles. The average molecular weight is 395 g/mol. The fourth-order valence-corrected chi connectivity index (χ4v) is 3.20. The van der Waals surface area contributed by atoms with Crippen LogP contribution in [0.4, 0.5) is 0 Å². The van der Waals surface area contributed by atoms with Crippen molar-refractivity contribution in [2.75, 3.05) is 6.54 Å². The lowest BCUT2D eigenvalue weighted by Crippen LogP contribution is -2.41. The van der Waals surface area contributed by atoms with E-state index in [0.29, 0.717) is 19.5 Å². The molecule has 1 unspecified atom stereocenters. The number of aryl methyl sites for hydroxylation is 1. The molecule has 162 valence electrons. The summed E-state index contributed by atoms with van der Waals surface area (Å²) < 4.78 is 1.72. The third-order valence-corrected chi connectivity index (χ3v) is 4.78. The van der Waals surface area contributed by atoms with Crippen LogP contribution in [0.2, 0.25) is 0 Å². The SMILES string of the molecule is CC.CCC(C(=O)N(C=O)CCn1cc(CCCCC(C)C)nn1)C(C)(C)C. The highest BCUT2D eigenvalue weighted by Gasteiger charge is 2.32. The molecule has 0 N–H and O–H groups in total. The van der Waals surface area contributed by atoms with Gasteiger partial charge in [0.1, 0.15) is 0 Å². The number of hydrogen-bond donors (Lipinski definition) is 0. The first kappa shape index (κ1) is 26.3. The van der Waals surface area contributed by atoms with E-state index in [4.69, 9.17) is 0 Å². The molecule has 0 aliphatic carbocycles. The third-order valence-electron chi connectivity index (χ3n) is 4.78. The van der Waals surface area contributed by atoms with E-state index in [1.165, 1.54) is 17.7 Å². The second-order valence-electron chi connectivity index (χ2n) is 8.58. The van der Waals surface area contributed by atoms with E-state index in [9.17, 15) is 9.59 Å². The highest BCUT2D eigenvalue weighted by molar-refractivity contribution is 5.88. The monoisotopic (exact) mass is 394 g/mol. The van der Waals surface area contributed by atoms with Crippen LogP contribution in [0.15, 0.2) is 6.20 Å². The minimum Gasteiger partial charge on any atom is -0.283 e. The van der Waals surface area contributed by atoms with E-state index in [0.717, 1.165) is 30.9 Å². The molecule has 1 rings (SSSR count). The average Bonchev–Trinajstić information content (AvgIpc) is 3.08. The smallest absolute Gasteiger partial charge is 0.232 e. The van der Waals surface area contributed by atoms with Crippen LogP contribution in [-0.4, -0.2) is 38.8 Å². The summed E-state index contributed by atoms with van der Waals surface area (Å²) >= 11 is 0. The molecule has 1 aromatic heterocycles. The number of unbranched alkanes of at least 4 members (excludes halogenated alkanes) is 1. The van der Waals surface area contributed by atoms with E-state index in [2.05, 4.69) is 24.2 Å². The number of imide groups is 1. The molecule has 6 heteroatoms. The van der Waals surface area contributed by atoms with Crippen LogP contribution in [-0.2, 0) is 22.6 Å². The molecule has 0 saturated carbocycles. The Balaban J connectivity index is 0.00000352. The van der Waals surface area contributed by atoms with E-state index >= 15 is 0 Å². The maximum Gasteiger partial charge on any atom is 0.232 e.